The summed E-state index contributed by atoms with van der Waals surface area (Å²) in [5.41, 5.74) is -0.717. The lowest BCUT2D eigenvalue weighted by Gasteiger charge is -2.28. The Kier molecular flexibility index (Phi) is 10.5. The van der Waals surface area contributed by atoms with E-state index in [1.807, 2.05) is 39.0 Å². The van der Waals surface area contributed by atoms with Gasteiger partial charge in [-0.15, -0.1) is 0 Å². The van der Waals surface area contributed by atoms with Crippen molar-refractivity contribution in [1.82, 2.24) is 4.90 Å². The van der Waals surface area contributed by atoms with Crippen LogP contribution in [0.2, 0.25) is 0 Å². The third kappa shape index (κ3) is 8.07. The number of ether oxygens (including phenoxy) is 1. The molecule has 0 unspecified atom stereocenters. The predicted octanol–water partition coefficient (Wildman–Crippen LogP) is 4.88. The van der Waals surface area contributed by atoms with Gasteiger partial charge in [0, 0.05) is 18.7 Å². The average Bonchev–Trinajstić information content (AvgIpc) is 3.49. The van der Waals surface area contributed by atoms with Gasteiger partial charge in [0.1, 0.15) is 27.6 Å². The molecule has 1 aliphatic heterocycles. The predicted molar refractivity (Wildman–Crippen MR) is 170 cm³/mol. The van der Waals surface area contributed by atoms with Gasteiger partial charge in [-0.1, -0.05) is 54.6 Å². The van der Waals surface area contributed by atoms with E-state index in [4.69, 9.17) is 9.26 Å². The van der Waals surface area contributed by atoms with Crippen molar-refractivity contribution in [2.45, 2.75) is 38.9 Å². The van der Waals surface area contributed by atoms with Crippen LogP contribution in [0, 0.1) is 10.1 Å². The number of carbonyl (C=O) groups is 2. The summed E-state index contributed by atoms with van der Waals surface area (Å²) in [5, 5.41) is 23.8. The molecule has 5 rings (SSSR count). The molecule has 1 fully saturated rings. The van der Waals surface area contributed by atoms with E-state index < -0.39 is 24.0 Å². The molecule has 1 aliphatic rings. The van der Waals surface area contributed by atoms with E-state index >= 15 is 0 Å². The number of nitro groups is 1. The van der Waals surface area contributed by atoms with Crippen LogP contribution in [0.15, 0.2) is 115 Å². The number of benzene rings is 4. The van der Waals surface area contributed by atoms with Crippen LogP contribution < -0.4 is 21.0 Å². The molecule has 0 bridgehead atoms. The third-order valence-corrected chi connectivity index (χ3v) is 10.5. The summed E-state index contributed by atoms with van der Waals surface area (Å²) in [4.78, 5) is 34.1. The molecule has 0 spiro atoms. The van der Waals surface area contributed by atoms with Gasteiger partial charge in [-0.2, -0.15) is 0 Å². The number of non-ortho nitro benzene ring substituents is 1. The van der Waals surface area contributed by atoms with E-state index in [1.54, 1.807) is 4.90 Å². The first-order valence-electron chi connectivity index (χ1n) is 14.2. The fourth-order valence-electron chi connectivity index (χ4n) is 4.79. The fourth-order valence-corrected chi connectivity index (χ4v) is 8.45. The van der Waals surface area contributed by atoms with Gasteiger partial charge in [0.15, 0.2) is 0 Å². The first-order valence-corrected chi connectivity index (χ1v) is 15.9. The molecule has 10 heteroatoms. The minimum Gasteiger partial charge on any atom is -0.545 e. The molecule has 9 nitrogen and oxygen atoms in total. The number of carboxylic acid groups (broad SMARTS) is 1. The number of likely N-dealkylation sites (tertiary alicyclic amines) is 1. The summed E-state index contributed by atoms with van der Waals surface area (Å²) in [7, 11) is -2.38. The maximum absolute atomic E-state index is 12.6. The Labute approximate surface area is 257 Å². The number of amides is 1. The second kappa shape index (κ2) is 14.3. The summed E-state index contributed by atoms with van der Waals surface area (Å²) in [6.45, 7) is 6.85. The summed E-state index contributed by atoms with van der Waals surface area (Å²) in [6.07, 6.45) is 0.441. The molecular weight excluding hydrogens is 579 g/mol. The zero-order valence-corrected chi connectivity index (χ0v) is 25.8. The molecule has 1 heterocycles. The van der Waals surface area contributed by atoms with Crippen LogP contribution in [0.25, 0.3) is 0 Å². The second-order valence-corrected chi connectivity index (χ2v) is 14.1. The zero-order chi connectivity index (χ0) is 31.7. The number of nitro benzene ring substituents is 1. The largest absolute Gasteiger partial charge is 0.545 e. The molecule has 0 aromatic heterocycles. The number of aromatic carboxylic acids is 1. The minimum atomic E-state index is -2.38. The van der Waals surface area contributed by atoms with E-state index in [0.29, 0.717) is 13.1 Å². The maximum atomic E-state index is 12.6. The van der Waals surface area contributed by atoms with Crippen molar-refractivity contribution in [3.8, 4) is 0 Å². The summed E-state index contributed by atoms with van der Waals surface area (Å²) in [6, 6.07) is 36.0. The quantitative estimate of drug-likeness (QED) is 0.165. The number of carboxylic acids is 1. The summed E-state index contributed by atoms with van der Waals surface area (Å²) < 4.78 is 12.7. The van der Waals surface area contributed by atoms with E-state index in [2.05, 4.69) is 72.8 Å². The van der Waals surface area contributed by atoms with Gasteiger partial charge in [-0.25, -0.2) is 9.32 Å². The second-order valence-electron chi connectivity index (χ2n) is 11.1. The van der Waals surface area contributed by atoms with Gasteiger partial charge in [0.25, 0.3) is 5.69 Å². The number of rotatable bonds is 7. The van der Waals surface area contributed by atoms with Gasteiger partial charge in [0.2, 0.25) is 7.49 Å². The van der Waals surface area contributed by atoms with E-state index in [1.165, 1.54) is 15.9 Å². The van der Waals surface area contributed by atoms with E-state index in [-0.39, 0.29) is 23.4 Å². The molecule has 0 N–H and O–H groups in total. The van der Waals surface area contributed by atoms with Gasteiger partial charge in [-0.3, -0.25) is 10.1 Å². The van der Waals surface area contributed by atoms with Crippen LogP contribution in [-0.2, 0) is 9.26 Å². The Morgan fingerprint density at radius 3 is 1.64 bits per heavy atom. The first kappa shape index (κ1) is 32.3. The monoisotopic (exact) mass is 614 g/mol. The molecule has 44 heavy (non-hydrogen) atoms. The van der Waals surface area contributed by atoms with Gasteiger partial charge in [0.05, 0.1) is 17.4 Å². The Balaban J connectivity index is 0.000000309. The smallest absolute Gasteiger partial charge is 0.410 e. The SMILES string of the molecule is CC(C)(C)OC(=O)N1CC[C@@H](O[P+](c2ccccc2)(c2ccccc2)c2ccccc2)C1.O=C([O-])c1ccc([N+](=O)[O-])cc1. The number of nitrogens with zero attached hydrogens (tertiary/aromatic N) is 2. The minimum absolute atomic E-state index is 0.0689. The molecule has 1 amide bonds. The van der Waals surface area contributed by atoms with Gasteiger partial charge >= 0.3 is 6.09 Å². The Morgan fingerprint density at radius 1 is 0.795 bits per heavy atom. The Bertz CT molecular complexity index is 1410. The number of carbonyl (C=O) groups excluding carboxylic acids is 2. The number of hydrogen-bond acceptors (Lipinski definition) is 7. The van der Waals surface area contributed by atoms with Gasteiger partial charge < -0.3 is 19.5 Å². The topological polar surface area (TPSA) is 122 Å². The summed E-state index contributed by atoms with van der Waals surface area (Å²) in [5.74, 6) is -1.34. The van der Waals surface area contributed by atoms with Crippen molar-refractivity contribution in [1.29, 1.82) is 0 Å². The molecule has 0 radical (unpaired) electrons. The van der Waals surface area contributed by atoms with Crippen LogP contribution in [0.3, 0.4) is 0 Å². The Hall–Kier alpha value is -4.59. The van der Waals surface area contributed by atoms with Crippen molar-refractivity contribution in [2.24, 2.45) is 0 Å². The molecule has 1 atom stereocenters. The molecule has 1 saturated heterocycles. The van der Waals surface area contributed by atoms with Gasteiger partial charge in [-0.05, 0) is 81.3 Å². The molecule has 0 saturated carbocycles. The van der Waals surface area contributed by atoms with Crippen LogP contribution in [0.4, 0.5) is 10.5 Å². The third-order valence-electron chi connectivity index (χ3n) is 6.78. The van der Waals surface area contributed by atoms with Crippen molar-refractivity contribution in [3.05, 3.63) is 131 Å². The maximum Gasteiger partial charge on any atom is 0.410 e. The van der Waals surface area contributed by atoms with Crippen molar-refractivity contribution in [2.75, 3.05) is 13.1 Å². The highest BCUT2D eigenvalue weighted by molar-refractivity contribution is 7.91. The Morgan fingerprint density at radius 2 is 1.25 bits per heavy atom. The van der Waals surface area contributed by atoms with Crippen LogP contribution in [0.5, 0.6) is 0 Å². The van der Waals surface area contributed by atoms with Crippen molar-refractivity contribution in [3.63, 3.8) is 0 Å². The molecular formula is C34H35N2O7P. The lowest BCUT2D eigenvalue weighted by Crippen LogP contribution is -2.38. The van der Waals surface area contributed by atoms with Crippen LogP contribution in [-0.4, -0.2) is 46.7 Å². The molecule has 0 aliphatic carbocycles. The summed E-state index contributed by atoms with van der Waals surface area (Å²) >= 11 is 0. The lowest BCUT2D eigenvalue weighted by atomic mass is 10.2. The molecule has 4 aromatic rings. The lowest BCUT2D eigenvalue weighted by molar-refractivity contribution is -0.384. The zero-order valence-electron chi connectivity index (χ0n) is 24.9. The molecule has 228 valence electrons. The standard InChI is InChI=1S/C27H31NO3P.C7H5NO4/c1-27(2,3)30-26(29)28-20-19-22(21-28)31-32(23-13-7-4-8-14-23,24-15-9-5-10-16-24)25-17-11-6-12-18-25;9-7(10)5-1-3-6(4-2-5)8(11)12/h4-18,22H,19-21H2,1-3H3;1-4H,(H,9,10)/q+1;/p-1/t22-;/m1./s1. The normalized spacial score (nSPS) is 14.7. The van der Waals surface area contributed by atoms with Crippen molar-refractivity contribution >= 4 is 41.2 Å². The fraction of sp³-hybridized carbons (Fsp3) is 0.235. The first-order chi connectivity index (χ1) is 21.0. The van der Waals surface area contributed by atoms with Crippen LogP contribution >= 0.6 is 7.49 Å². The van der Waals surface area contributed by atoms with Crippen molar-refractivity contribution < 1.29 is 28.9 Å². The van der Waals surface area contributed by atoms with E-state index in [0.717, 1.165) is 30.7 Å². The van der Waals surface area contributed by atoms with E-state index in [9.17, 15) is 24.8 Å². The molecule has 4 aromatic carbocycles. The van der Waals surface area contributed by atoms with Crippen LogP contribution in [0.1, 0.15) is 37.6 Å². The average molecular weight is 615 g/mol. The highest BCUT2D eigenvalue weighted by Crippen LogP contribution is 2.58. The number of hydrogen-bond donors (Lipinski definition) is 0. The highest BCUT2D eigenvalue weighted by Gasteiger charge is 2.51. The highest BCUT2D eigenvalue weighted by atomic mass is 31.2.